The number of pyridine rings is 1. The highest BCUT2D eigenvalue weighted by Gasteiger charge is 2.17. The van der Waals surface area contributed by atoms with E-state index in [9.17, 15) is 14.0 Å². The summed E-state index contributed by atoms with van der Waals surface area (Å²) >= 11 is 0. The Labute approximate surface area is 158 Å². The molecule has 0 aliphatic heterocycles. The number of rotatable bonds is 5. The van der Waals surface area contributed by atoms with Gasteiger partial charge in [-0.25, -0.2) is 4.39 Å². The molecule has 1 fully saturated rings. The van der Waals surface area contributed by atoms with E-state index >= 15 is 0 Å². The topological polar surface area (TPSA) is 71.1 Å². The van der Waals surface area contributed by atoms with Crippen LogP contribution < -0.4 is 10.6 Å². The van der Waals surface area contributed by atoms with Crippen LogP contribution in [0.3, 0.4) is 0 Å². The number of hydrogen-bond acceptors (Lipinski definition) is 3. The van der Waals surface area contributed by atoms with Crippen molar-refractivity contribution in [2.24, 2.45) is 0 Å². The van der Waals surface area contributed by atoms with Crippen molar-refractivity contribution in [1.29, 1.82) is 0 Å². The Morgan fingerprint density at radius 1 is 1.04 bits per heavy atom. The minimum absolute atomic E-state index is 0.0808. The van der Waals surface area contributed by atoms with Gasteiger partial charge in [-0.1, -0.05) is 43.9 Å². The van der Waals surface area contributed by atoms with Crippen LogP contribution in [0.4, 0.5) is 4.39 Å². The van der Waals surface area contributed by atoms with Gasteiger partial charge in [0.25, 0.3) is 11.8 Å². The number of carbonyl (C=O) groups excluding carboxylic acids is 2. The Kier molecular flexibility index (Phi) is 6.52. The van der Waals surface area contributed by atoms with Crippen molar-refractivity contribution in [2.75, 3.05) is 0 Å². The second-order valence-electron chi connectivity index (χ2n) is 6.87. The minimum Gasteiger partial charge on any atom is -0.348 e. The van der Waals surface area contributed by atoms with E-state index in [4.69, 9.17) is 0 Å². The Balaban J connectivity index is 1.61. The van der Waals surface area contributed by atoms with Crippen molar-refractivity contribution in [2.45, 2.75) is 51.1 Å². The molecule has 3 rings (SSSR count). The van der Waals surface area contributed by atoms with Crippen LogP contribution >= 0.6 is 0 Å². The molecule has 0 radical (unpaired) electrons. The Bertz CT molecular complexity index is 802. The van der Waals surface area contributed by atoms with E-state index in [2.05, 4.69) is 15.6 Å². The van der Waals surface area contributed by atoms with Crippen LogP contribution in [-0.4, -0.2) is 22.8 Å². The number of hydrogen-bond donors (Lipinski definition) is 2. The summed E-state index contributed by atoms with van der Waals surface area (Å²) in [7, 11) is 0. The van der Waals surface area contributed by atoms with E-state index in [1.807, 2.05) is 0 Å². The van der Waals surface area contributed by atoms with E-state index in [0.717, 1.165) is 25.7 Å². The number of carbonyl (C=O) groups is 2. The first-order valence-electron chi connectivity index (χ1n) is 9.42. The summed E-state index contributed by atoms with van der Waals surface area (Å²) in [6, 6.07) is 9.47. The summed E-state index contributed by atoms with van der Waals surface area (Å²) in [6.07, 6.45) is 8.07. The van der Waals surface area contributed by atoms with Crippen LogP contribution in [0.25, 0.3) is 0 Å². The zero-order valence-electron chi connectivity index (χ0n) is 15.2. The van der Waals surface area contributed by atoms with Crippen molar-refractivity contribution in [3.05, 3.63) is 65.2 Å². The van der Waals surface area contributed by atoms with Gasteiger partial charge in [-0.15, -0.1) is 0 Å². The van der Waals surface area contributed by atoms with Crippen LogP contribution in [0.2, 0.25) is 0 Å². The number of amides is 2. The van der Waals surface area contributed by atoms with Gasteiger partial charge in [0.2, 0.25) is 0 Å². The molecule has 0 bridgehead atoms. The molecular weight excluding hydrogens is 345 g/mol. The molecule has 2 aromatic rings. The lowest BCUT2D eigenvalue weighted by atomic mass is 10.1. The van der Waals surface area contributed by atoms with Crippen molar-refractivity contribution >= 4 is 11.8 Å². The lowest BCUT2D eigenvalue weighted by Gasteiger charge is -2.16. The molecule has 1 aromatic carbocycles. The fraction of sp³-hybridized carbons (Fsp3) is 0.381. The number of aromatic nitrogens is 1. The molecule has 5 nitrogen and oxygen atoms in total. The normalized spacial score (nSPS) is 15.0. The predicted molar refractivity (Wildman–Crippen MR) is 101 cm³/mol. The van der Waals surface area contributed by atoms with Gasteiger partial charge in [-0.3, -0.25) is 14.6 Å². The number of nitrogens with one attached hydrogen (secondary N) is 2. The van der Waals surface area contributed by atoms with Crippen molar-refractivity contribution in [1.82, 2.24) is 15.6 Å². The molecule has 2 amide bonds. The average Bonchev–Trinajstić information content (AvgIpc) is 2.96. The van der Waals surface area contributed by atoms with E-state index in [-0.39, 0.29) is 35.9 Å². The first kappa shape index (κ1) is 19.0. The van der Waals surface area contributed by atoms with E-state index < -0.39 is 0 Å². The fourth-order valence-electron chi connectivity index (χ4n) is 3.30. The van der Waals surface area contributed by atoms with Crippen molar-refractivity contribution in [3.63, 3.8) is 0 Å². The molecule has 1 saturated carbocycles. The second kappa shape index (κ2) is 9.26. The number of halogens is 1. The summed E-state index contributed by atoms with van der Waals surface area (Å²) in [6.45, 7) is 0.0808. The smallest absolute Gasteiger partial charge is 0.270 e. The van der Waals surface area contributed by atoms with Crippen LogP contribution in [0.15, 0.2) is 42.6 Å². The van der Waals surface area contributed by atoms with Crippen LogP contribution in [0.1, 0.15) is 64.9 Å². The van der Waals surface area contributed by atoms with E-state index in [1.165, 1.54) is 31.2 Å². The maximum Gasteiger partial charge on any atom is 0.270 e. The lowest BCUT2D eigenvalue weighted by Crippen LogP contribution is -2.35. The summed E-state index contributed by atoms with van der Waals surface area (Å²) in [5.41, 5.74) is 0.955. The first-order chi connectivity index (χ1) is 13.1. The van der Waals surface area contributed by atoms with Gasteiger partial charge < -0.3 is 10.6 Å². The molecule has 142 valence electrons. The molecule has 6 heteroatoms. The molecule has 0 unspecified atom stereocenters. The zero-order valence-corrected chi connectivity index (χ0v) is 15.2. The SMILES string of the molecule is O=C(NCc1ccccc1F)c1ccnc(C(=O)NC2CCCCCC2)c1. The summed E-state index contributed by atoms with van der Waals surface area (Å²) in [4.78, 5) is 28.9. The largest absolute Gasteiger partial charge is 0.348 e. The molecule has 1 aromatic heterocycles. The van der Waals surface area contributed by atoms with Gasteiger partial charge in [-0.2, -0.15) is 0 Å². The molecule has 27 heavy (non-hydrogen) atoms. The third-order valence-corrected chi connectivity index (χ3v) is 4.84. The summed E-state index contributed by atoms with van der Waals surface area (Å²) in [5.74, 6) is -0.995. The Morgan fingerprint density at radius 2 is 1.78 bits per heavy atom. The molecule has 2 N–H and O–H groups in total. The Hall–Kier alpha value is -2.76. The van der Waals surface area contributed by atoms with Gasteiger partial charge >= 0.3 is 0 Å². The van der Waals surface area contributed by atoms with Gasteiger partial charge in [0, 0.05) is 29.9 Å². The van der Waals surface area contributed by atoms with Gasteiger partial charge in [0.15, 0.2) is 0 Å². The highest BCUT2D eigenvalue weighted by molar-refractivity contribution is 5.98. The quantitative estimate of drug-likeness (QED) is 0.791. The van der Waals surface area contributed by atoms with E-state index in [0.29, 0.717) is 11.1 Å². The number of benzene rings is 1. The molecule has 1 heterocycles. The van der Waals surface area contributed by atoms with Crippen LogP contribution in [-0.2, 0) is 6.54 Å². The number of nitrogens with zero attached hydrogens (tertiary/aromatic N) is 1. The third kappa shape index (κ3) is 5.36. The second-order valence-corrected chi connectivity index (χ2v) is 6.87. The molecular formula is C21H24FN3O2. The molecule has 0 saturated heterocycles. The van der Waals surface area contributed by atoms with Crippen LogP contribution in [0.5, 0.6) is 0 Å². The van der Waals surface area contributed by atoms with Gasteiger partial charge in [0.05, 0.1) is 0 Å². The third-order valence-electron chi connectivity index (χ3n) is 4.84. The van der Waals surface area contributed by atoms with Crippen LogP contribution in [0, 0.1) is 5.82 Å². The Morgan fingerprint density at radius 3 is 2.52 bits per heavy atom. The lowest BCUT2D eigenvalue weighted by molar-refractivity contribution is 0.0928. The highest BCUT2D eigenvalue weighted by atomic mass is 19.1. The maximum atomic E-state index is 13.6. The average molecular weight is 369 g/mol. The molecule has 0 atom stereocenters. The first-order valence-corrected chi connectivity index (χ1v) is 9.42. The maximum absolute atomic E-state index is 13.6. The standard InChI is InChI=1S/C21H24FN3O2/c22-18-10-6-5-7-16(18)14-24-20(26)15-11-12-23-19(13-15)21(27)25-17-8-3-1-2-4-9-17/h5-7,10-13,17H,1-4,8-9,14H2,(H,24,26)(H,25,27). The predicted octanol–water partition coefficient (Wildman–Crippen LogP) is 3.60. The molecule has 1 aliphatic rings. The highest BCUT2D eigenvalue weighted by Crippen LogP contribution is 2.17. The molecule has 0 spiro atoms. The zero-order chi connectivity index (χ0) is 19.1. The van der Waals surface area contributed by atoms with E-state index in [1.54, 1.807) is 24.3 Å². The summed E-state index contributed by atoms with van der Waals surface area (Å²) in [5, 5.41) is 5.70. The monoisotopic (exact) mass is 369 g/mol. The van der Waals surface area contributed by atoms with Gasteiger partial charge in [-0.05, 0) is 31.0 Å². The molecule has 1 aliphatic carbocycles. The van der Waals surface area contributed by atoms with Gasteiger partial charge in [0.1, 0.15) is 11.5 Å². The summed E-state index contributed by atoms with van der Waals surface area (Å²) < 4.78 is 13.6. The van der Waals surface area contributed by atoms with Crippen molar-refractivity contribution < 1.29 is 14.0 Å². The fourth-order valence-corrected chi connectivity index (χ4v) is 3.30. The van der Waals surface area contributed by atoms with Crippen molar-refractivity contribution in [3.8, 4) is 0 Å². The minimum atomic E-state index is -0.371.